The Morgan fingerprint density at radius 3 is 2.68 bits per heavy atom. The third-order valence-corrected chi connectivity index (χ3v) is 4.94. The first kappa shape index (κ1) is 17.0. The predicted octanol–water partition coefficient (Wildman–Crippen LogP) is 0.810. The zero-order valence-corrected chi connectivity index (χ0v) is 12.6. The smallest absolute Gasteiger partial charge is 0.345 e. The van der Waals surface area contributed by atoms with Gasteiger partial charge in [0.1, 0.15) is 6.23 Å². The van der Waals surface area contributed by atoms with Gasteiger partial charge in [-0.05, 0) is 0 Å². The van der Waals surface area contributed by atoms with Gasteiger partial charge in [0, 0.05) is 31.3 Å². The van der Waals surface area contributed by atoms with E-state index in [9.17, 15) is 9.36 Å². The van der Waals surface area contributed by atoms with Crippen molar-refractivity contribution >= 4 is 36.9 Å². The first-order chi connectivity index (χ1) is 9.01. The molecule has 1 saturated heterocycles. The molecule has 1 aliphatic rings. The van der Waals surface area contributed by atoms with Crippen molar-refractivity contribution in [3.8, 4) is 0 Å². The number of nitrogens with one attached hydrogen (secondary N) is 2. The van der Waals surface area contributed by atoms with Crippen molar-refractivity contribution in [2.24, 2.45) is 5.73 Å². The molecule has 0 aromatic carbocycles. The van der Waals surface area contributed by atoms with E-state index in [1.54, 1.807) is 0 Å². The minimum absolute atomic E-state index is 0.219. The molecule has 1 aliphatic heterocycles. The lowest BCUT2D eigenvalue weighted by molar-refractivity contribution is -0.0331. The third kappa shape index (κ3) is 5.43. The van der Waals surface area contributed by atoms with Crippen LogP contribution in [-0.2, 0) is 13.9 Å². The summed E-state index contributed by atoms with van der Waals surface area (Å²) in [6.45, 7) is 0.930. The average molecular weight is 335 g/mol. The van der Waals surface area contributed by atoms with Gasteiger partial charge in [-0.15, -0.1) is 23.2 Å². The molecule has 0 aliphatic carbocycles. The van der Waals surface area contributed by atoms with Crippen LogP contribution in [0.15, 0.2) is 0 Å². The second-order valence-electron chi connectivity index (χ2n) is 3.68. The number of halogens is 2. The van der Waals surface area contributed by atoms with E-state index >= 15 is 0 Å². The van der Waals surface area contributed by atoms with Gasteiger partial charge in [-0.2, -0.15) is 0 Å². The Labute approximate surface area is 121 Å². The molecule has 1 rings (SSSR count). The molecular formula is C8H17Cl2N4O4P. The Balaban J connectivity index is 2.62. The number of amides is 2. The highest BCUT2D eigenvalue weighted by Crippen LogP contribution is 2.49. The molecule has 0 aromatic heterocycles. The van der Waals surface area contributed by atoms with Crippen LogP contribution < -0.4 is 16.3 Å². The maximum atomic E-state index is 12.6. The number of hydroxylamine groups is 1. The Morgan fingerprint density at radius 2 is 2.16 bits per heavy atom. The number of nitrogens with two attached hydrogens (primary N) is 1. The van der Waals surface area contributed by atoms with Gasteiger partial charge in [-0.1, -0.05) is 0 Å². The summed E-state index contributed by atoms with van der Waals surface area (Å²) in [5.74, 6) is 0.577. The van der Waals surface area contributed by atoms with E-state index in [2.05, 4.69) is 5.09 Å². The number of alkyl halides is 2. The van der Waals surface area contributed by atoms with Crippen LogP contribution in [0.2, 0.25) is 0 Å². The van der Waals surface area contributed by atoms with E-state index in [-0.39, 0.29) is 18.4 Å². The fraction of sp³-hybridized carbons (Fsp3) is 0.875. The second-order valence-corrected chi connectivity index (χ2v) is 6.55. The first-order valence-electron chi connectivity index (χ1n) is 5.62. The number of primary amides is 1. The lowest BCUT2D eigenvalue weighted by Gasteiger charge is -2.36. The van der Waals surface area contributed by atoms with Crippen LogP contribution in [0, 0.1) is 0 Å². The molecule has 8 nitrogen and oxygen atoms in total. The van der Waals surface area contributed by atoms with Crippen molar-refractivity contribution in [2.45, 2.75) is 12.6 Å². The van der Waals surface area contributed by atoms with Crippen LogP contribution in [0.3, 0.4) is 0 Å². The fourth-order valence-corrected chi connectivity index (χ4v) is 4.19. The number of hydrogen-bond donors (Lipinski definition) is 3. The molecule has 2 amide bonds. The van der Waals surface area contributed by atoms with Crippen molar-refractivity contribution in [2.75, 3.05) is 31.5 Å². The van der Waals surface area contributed by atoms with Gasteiger partial charge in [-0.3, -0.25) is 9.40 Å². The van der Waals surface area contributed by atoms with Crippen LogP contribution in [0.4, 0.5) is 4.79 Å². The van der Waals surface area contributed by atoms with Crippen LogP contribution in [0.5, 0.6) is 0 Å². The van der Waals surface area contributed by atoms with Gasteiger partial charge >= 0.3 is 13.7 Å². The van der Waals surface area contributed by atoms with Crippen LogP contribution in [0.1, 0.15) is 6.42 Å². The summed E-state index contributed by atoms with van der Waals surface area (Å²) in [7, 11) is -3.28. The molecule has 19 heavy (non-hydrogen) atoms. The fourth-order valence-electron chi connectivity index (χ4n) is 1.52. The zero-order chi connectivity index (χ0) is 14.3. The highest BCUT2D eigenvalue weighted by Gasteiger charge is 2.38. The number of hydrogen-bond acceptors (Lipinski definition) is 4. The summed E-state index contributed by atoms with van der Waals surface area (Å²) in [5.41, 5.74) is 6.87. The highest BCUT2D eigenvalue weighted by molar-refractivity contribution is 7.54. The molecule has 2 atom stereocenters. The first-order valence-corrected chi connectivity index (χ1v) is 8.27. The molecule has 4 N–H and O–H groups in total. The quantitative estimate of drug-likeness (QED) is 0.361. The molecular weight excluding hydrogens is 318 g/mol. The molecule has 0 saturated carbocycles. The number of rotatable bonds is 7. The van der Waals surface area contributed by atoms with E-state index in [1.165, 1.54) is 4.67 Å². The molecule has 11 heteroatoms. The molecule has 0 radical (unpaired) electrons. The molecule has 2 unspecified atom stereocenters. The Morgan fingerprint density at radius 1 is 1.53 bits per heavy atom. The van der Waals surface area contributed by atoms with E-state index in [0.717, 1.165) is 0 Å². The maximum absolute atomic E-state index is 12.6. The minimum Gasteiger partial charge on any atom is -0.350 e. The van der Waals surface area contributed by atoms with E-state index in [0.29, 0.717) is 19.5 Å². The second kappa shape index (κ2) is 8.26. The number of urea groups is 1. The molecule has 0 spiro atoms. The lowest BCUT2D eigenvalue weighted by Crippen LogP contribution is -2.46. The van der Waals surface area contributed by atoms with Crippen molar-refractivity contribution in [3.63, 3.8) is 0 Å². The minimum atomic E-state index is -3.28. The zero-order valence-electron chi connectivity index (χ0n) is 10.2. The van der Waals surface area contributed by atoms with E-state index in [4.69, 9.17) is 38.3 Å². The van der Waals surface area contributed by atoms with Crippen molar-refractivity contribution < 1.29 is 18.7 Å². The number of nitrogens with zero attached hydrogens (tertiary/aromatic N) is 1. The Hall–Kier alpha value is -0.0800. The van der Waals surface area contributed by atoms with Crippen molar-refractivity contribution in [1.29, 1.82) is 0 Å². The van der Waals surface area contributed by atoms with Gasteiger partial charge in [0.05, 0.1) is 6.61 Å². The van der Waals surface area contributed by atoms with Crippen LogP contribution in [0.25, 0.3) is 0 Å². The topological polar surface area (TPSA) is 106 Å². The third-order valence-electron chi connectivity index (χ3n) is 2.31. The summed E-state index contributed by atoms with van der Waals surface area (Å²) >= 11 is 11.3. The SMILES string of the molecule is NC(=O)NOC1CCOP(=O)(N(CCCl)CCCl)N1. The summed E-state index contributed by atoms with van der Waals surface area (Å²) in [6.07, 6.45) is -0.236. The lowest BCUT2D eigenvalue weighted by atomic mass is 10.4. The molecule has 1 heterocycles. The summed E-state index contributed by atoms with van der Waals surface area (Å²) in [6, 6.07) is -0.832. The van der Waals surface area contributed by atoms with Gasteiger partial charge < -0.3 is 10.3 Å². The van der Waals surface area contributed by atoms with Crippen molar-refractivity contribution in [1.82, 2.24) is 15.2 Å². The number of carbonyl (C=O) groups is 1. The van der Waals surface area contributed by atoms with Crippen molar-refractivity contribution in [3.05, 3.63) is 0 Å². The van der Waals surface area contributed by atoms with Gasteiger partial charge in [0.15, 0.2) is 0 Å². The van der Waals surface area contributed by atoms with E-state index in [1.807, 2.05) is 5.48 Å². The summed E-state index contributed by atoms with van der Waals surface area (Å²) in [5, 5.41) is 2.70. The molecule has 1 fully saturated rings. The van der Waals surface area contributed by atoms with E-state index < -0.39 is 19.9 Å². The average Bonchev–Trinajstić information content (AvgIpc) is 2.36. The number of carbonyl (C=O) groups excluding carboxylic acids is 1. The van der Waals surface area contributed by atoms with Gasteiger partial charge in [0.25, 0.3) is 0 Å². The molecule has 0 bridgehead atoms. The maximum Gasteiger partial charge on any atom is 0.345 e. The Kier molecular flexibility index (Phi) is 7.38. The van der Waals surface area contributed by atoms with Crippen LogP contribution in [-0.4, -0.2) is 48.4 Å². The normalized spacial score (nSPS) is 27.4. The highest BCUT2D eigenvalue weighted by atomic mass is 35.5. The van der Waals surface area contributed by atoms with Gasteiger partial charge in [0.2, 0.25) is 0 Å². The van der Waals surface area contributed by atoms with Gasteiger partial charge in [-0.25, -0.2) is 20.0 Å². The standard InChI is InChI=1S/C8H17Cl2N4O4P/c9-2-4-14(5-3-10)19(16)13-7(1-6-17-19)18-12-8(11)15/h7H,1-6H2,(H,13,16)(H3,11,12,15). The predicted molar refractivity (Wildman–Crippen MR) is 71.9 cm³/mol. The van der Waals surface area contributed by atoms with Crippen LogP contribution >= 0.6 is 30.9 Å². The summed E-state index contributed by atoms with van der Waals surface area (Å²) < 4.78 is 19.5. The summed E-state index contributed by atoms with van der Waals surface area (Å²) in [4.78, 5) is 15.5. The molecule has 112 valence electrons. The Bertz CT molecular complexity index is 343. The molecule has 0 aromatic rings. The largest absolute Gasteiger partial charge is 0.350 e. The monoisotopic (exact) mass is 334 g/mol.